The van der Waals surface area contributed by atoms with Gasteiger partial charge in [0.2, 0.25) is 0 Å². The van der Waals surface area contributed by atoms with E-state index in [0.717, 1.165) is 29.6 Å². The van der Waals surface area contributed by atoms with Crippen LogP contribution in [0.5, 0.6) is 0 Å². The average molecular weight is 413 g/mol. The molecule has 1 fully saturated rings. The highest BCUT2D eigenvalue weighted by Gasteiger charge is 2.42. The summed E-state index contributed by atoms with van der Waals surface area (Å²) in [5.41, 5.74) is 5.46. The number of allylic oxidation sites excluding steroid dienone is 7. The first-order valence-electron chi connectivity index (χ1n) is 10.7. The second kappa shape index (κ2) is 8.38. The van der Waals surface area contributed by atoms with E-state index in [-0.39, 0.29) is 23.9 Å². The number of hydrogen-bond acceptors (Lipinski definition) is 2. The van der Waals surface area contributed by atoms with Crippen molar-refractivity contribution in [3.05, 3.63) is 113 Å². The van der Waals surface area contributed by atoms with Crippen molar-refractivity contribution in [1.82, 2.24) is 4.90 Å². The summed E-state index contributed by atoms with van der Waals surface area (Å²) in [5.74, 6) is -0.132. The Bertz CT molecular complexity index is 1130. The average Bonchev–Trinajstić information content (AvgIpc) is 3.13. The van der Waals surface area contributed by atoms with E-state index >= 15 is 0 Å². The molecular weight excluding hydrogens is 389 g/mol. The highest BCUT2D eigenvalue weighted by molar-refractivity contribution is 5.75. The topological polar surface area (TPSA) is 29.5 Å². The third kappa shape index (κ3) is 3.98. The number of carbonyl (C=O) groups excluding carboxylic acids is 1. The van der Waals surface area contributed by atoms with Crippen molar-refractivity contribution >= 4 is 11.7 Å². The number of rotatable bonds is 3. The molecule has 0 N–H and O–H groups in total. The predicted octanol–water partition coefficient (Wildman–Crippen LogP) is 6.16. The molecule has 2 aromatic carbocycles. The van der Waals surface area contributed by atoms with Crippen molar-refractivity contribution in [2.24, 2.45) is 0 Å². The van der Waals surface area contributed by atoms with Crippen LogP contribution in [0.4, 0.5) is 9.18 Å². The number of ether oxygens (including phenoxy) is 1. The molecule has 3 aliphatic rings. The fourth-order valence-corrected chi connectivity index (χ4v) is 4.60. The minimum absolute atomic E-state index is 0.0273. The maximum absolute atomic E-state index is 13.7. The number of halogens is 1. The molecule has 1 aliphatic carbocycles. The van der Waals surface area contributed by atoms with Crippen molar-refractivity contribution in [1.29, 1.82) is 0 Å². The molecule has 4 heteroatoms. The lowest BCUT2D eigenvalue weighted by molar-refractivity contribution is 0.154. The van der Waals surface area contributed by atoms with Gasteiger partial charge in [-0.05, 0) is 52.8 Å². The number of fused-ring (bicyclic) bond motifs is 2. The van der Waals surface area contributed by atoms with E-state index in [1.807, 2.05) is 23.1 Å². The molecule has 0 radical (unpaired) electrons. The maximum Gasteiger partial charge on any atom is 0.410 e. The summed E-state index contributed by atoms with van der Waals surface area (Å²) in [6, 6.07) is 15.0. The number of benzene rings is 2. The summed E-state index contributed by atoms with van der Waals surface area (Å²) in [7, 11) is 0. The van der Waals surface area contributed by atoms with Gasteiger partial charge >= 0.3 is 6.09 Å². The van der Waals surface area contributed by atoms with Crippen LogP contribution in [0.2, 0.25) is 0 Å². The molecule has 2 aromatic rings. The van der Waals surface area contributed by atoms with Crippen LogP contribution in [0.25, 0.3) is 5.57 Å². The second-order valence-corrected chi connectivity index (χ2v) is 8.14. The van der Waals surface area contributed by atoms with E-state index in [2.05, 4.69) is 48.6 Å². The van der Waals surface area contributed by atoms with Crippen LogP contribution in [0, 0.1) is 5.82 Å². The summed E-state index contributed by atoms with van der Waals surface area (Å²) in [4.78, 5) is 14.0. The molecule has 1 saturated heterocycles. The van der Waals surface area contributed by atoms with Crippen molar-refractivity contribution in [3.8, 4) is 0 Å². The van der Waals surface area contributed by atoms with E-state index in [1.165, 1.54) is 17.2 Å². The van der Waals surface area contributed by atoms with Crippen LogP contribution in [0.15, 0.2) is 90.6 Å². The zero-order valence-electron chi connectivity index (χ0n) is 17.2. The normalized spacial score (nSPS) is 22.9. The van der Waals surface area contributed by atoms with E-state index in [0.29, 0.717) is 13.2 Å². The number of carbonyl (C=O) groups is 1. The highest BCUT2D eigenvalue weighted by atomic mass is 19.1. The van der Waals surface area contributed by atoms with Crippen LogP contribution in [0.3, 0.4) is 0 Å². The zero-order chi connectivity index (χ0) is 21.2. The second-order valence-electron chi connectivity index (χ2n) is 8.14. The molecular formula is C27H24FNO2. The molecule has 1 unspecified atom stereocenters. The first-order valence-corrected chi connectivity index (χ1v) is 10.7. The van der Waals surface area contributed by atoms with E-state index in [4.69, 9.17) is 4.74 Å². The van der Waals surface area contributed by atoms with Crippen LogP contribution >= 0.6 is 0 Å². The smallest absolute Gasteiger partial charge is 0.410 e. The molecule has 3 nitrogen and oxygen atoms in total. The summed E-state index contributed by atoms with van der Waals surface area (Å²) < 4.78 is 19.0. The summed E-state index contributed by atoms with van der Waals surface area (Å²) in [5, 5.41) is 0. The molecule has 2 heterocycles. The number of hydrogen-bond donors (Lipinski definition) is 0. The molecule has 31 heavy (non-hydrogen) atoms. The van der Waals surface area contributed by atoms with Crippen molar-refractivity contribution < 1.29 is 13.9 Å². The van der Waals surface area contributed by atoms with Crippen LogP contribution in [-0.2, 0) is 11.3 Å². The van der Waals surface area contributed by atoms with Gasteiger partial charge in [-0.2, -0.15) is 0 Å². The van der Waals surface area contributed by atoms with Crippen molar-refractivity contribution in [2.75, 3.05) is 6.61 Å². The van der Waals surface area contributed by atoms with Gasteiger partial charge in [0.1, 0.15) is 12.4 Å². The van der Waals surface area contributed by atoms with Crippen LogP contribution in [-0.4, -0.2) is 23.6 Å². The van der Waals surface area contributed by atoms with Gasteiger partial charge in [0.25, 0.3) is 0 Å². The molecule has 156 valence electrons. The first kappa shape index (κ1) is 19.6. The Labute approximate surface area is 181 Å². The highest BCUT2D eigenvalue weighted by Crippen LogP contribution is 2.38. The lowest BCUT2D eigenvalue weighted by Gasteiger charge is -2.34. The van der Waals surface area contributed by atoms with Gasteiger partial charge in [-0.1, -0.05) is 72.9 Å². The summed E-state index contributed by atoms with van der Waals surface area (Å²) >= 11 is 0. The fourth-order valence-electron chi connectivity index (χ4n) is 4.60. The summed E-state index contributed by atoms with van der Waals surface area (Å²) in [6.45, 7) is 1.03. The molecule has 0 spiro atoms. The minimum atomic E-state index is -0.229. The number of amides is 1. The summed E-state index contributed by atoms with van der Waals surface area (Å²) in [6.07, 6.45) is 14.4. The Hall–Kier alpha value is -3.40. The Morgan fingerprint density at radius 2 is 1.90 bits per heavy atom. The van der Waals surface area contributed by atoms with Gasteiger partial charge in [0.15, 0.2) is 0 Å². The Balaban J connectivity index is 1.41. The molecule has 0 saturated carbocycles. The van der Waals surface area contributed by atoms with Gasteiger partial charge in [0, 0.05) is 12.5 Å². The zero-order valence-corrected chi connectivity index (χ0v) is 17.2. The van der Waals surface area contributed by atoms with Crippen LogP contribution < -0.4 is 0 Å². The minimum Gasteiger partial charge on any atom is -0.447 e. The molecule has 2 atom stereocenters. The lowest BCUT2D eigenvalue weighted by atomic mass is 9.83. The standard InChI is InChI=1S/C27H24FNO2/c28-23-10-5-9-21(16-23)20-7-2-1-6-19(12-14-20)13-15-25-24-11-4-3-8-22(24)17-29-26(25)18-31-27(29)30/h3-16,25-26H,1-2,17-18H2/b14-12?,15-13+,19-6?,20-7?/t25?,26-/m1/s1. The van der Waals surface area contributed by atoms with Crippen molar-refractivity contribution in [2.45, 2.75) is 31.3 Å². The third-order valence-corrected chi connectivity index (χ3v) is 6.20. The third-order valence-electron chi connectivity index (χ3n) is 6.20. The first-order chi connectivity index (χ1) is 15.2. The van der Waals surface area contributed by atoms with Gasteiger partial charge in [-0.15, -0.1) is 0 Å². The fraction of sp³-hybridized carbons (Fsp3) is 0.222. The van der Waals surface area contributed by atoms with E-state index in [9.17, 15) is 9.18 Å². The van der Waals surface area contributed by atoms with E-state index in [1.54, 1.807) is 12.1 Å². The number of cyclic esters (lactones) is 1. The number of nitrogens with zero attached hydrogens (tertiary/aromatic N) is 1. The predicted molar refractivity (Wildman–Crippen MR) is 120 cm³/mol. The lowest BCUT2D eigenvalue weighted by Crippen LogP contribution is -2.41. The quantitative estimate of drug-likeness (QED) is 0.603. The Kier molecular flexibility index (Phi) is 5.29. The Morgan fingerprint density at radius 1 is 1.03 bits per heavy atom. The van der Waals surface area contributed by atoms with Crippen LogP contribution in [0.1, 0.15) is 35.4 Å². The van der Waals surface area contributed by atoms with Gasteiger partial charge in [-0.3, -0.25) is 4.90 Å². The largest absolute Gasteiger partial charge is 0.447 e. The van der Waals surface area contributed by atoms with Gasteiger partial charge in [0.05, 0.1) is 6.04 Å². The molecule has 2 aliphatic heterocycles. The van der Waals surface area contributed by atoms with Gasteiger partial charge in [-0.25, -0.2) is 9.18 Å². The molecule has 5 rings (SSSR count). The molecule has 1 amide bonds. The maximum atomic E-state index is 13.7. The molecule has 0 bridgehead atoms. The van der Waals surface area contributed by atoms with Gasteiger partial charge < -0.3 is 4.74 Å². The molecule has 0 aromatic heterocycles. The monoisotopic (exact) mass is 413 g/mol. The Morgan fingerprint density at radius 3 is 2.81 bits per heavy atom. The van der Waals surface area contributed by atoms with E-state index < -0.39 is 0 Å². The van der Waals surface area contributed by atoms with Crippen molar-refractivity contribution in [3.63, 3.8) is 0 Å². The SMILES string of the molecule is O=C1OC[C@@H]2C(/C=C/C3=CCCC=C(c4cccc(F)c4)C=C3)c3ccccc3CN12.